The summed E-state index contributed by atoms with van der Waals surface area (Å²) in [5, 5.41) is 2.79. The number of amides is 2. The summed E-state index contributed by atoms with van der Waals surface area (Å²) in [5.74, 6) is -0.677. The van der Waals surface area contributed by atoms with Crippen LogP contribution in [0.4, 0.5) is 5.69 Å². The predicted molar refractivity (Wildman–Crippen MR) is 116 cm³/mol. The fraction of sp³-hybridized carbons (Fsp3) is 0.333. The molecule has 0 atom stereocenters. The van der Waals surface area contributed by atoms with Crippen molar-refractivity contribution in [3.8, 4) is 0 Å². The highest BCUT2D eigenvalue weighted by Crippen LogP contribution is 2.28. The molecule has 1 aliphatic rings. The van der Waals surface area contributed by atoms with Crippen LogP contribution in [-0.2, 0) is 10.0 Å². The highest BCUT2D eigenvalue weighted by Gasteiger charge is 2.28. The van der Waals surface area contributed by atoms with Crippen LogP contribution >= 0.6 is 11.6 Å². The summed E-state index contributed by atoms with van der Waals surface area (Å²) < 4.78 is 27.4. The van der Waals surface area contributed by atoms with Crippen LogP contribution in [-0.4, -0.2) is 56.6 Å². The first-order valence-electron chi connectivity index (χ1n) is 9.63. The van der Waals surface area contributed by atoms with Crippen molar-refractivity contribution in [3.63, 3.8) is 0 Å². The Bertz CT molecular complexity index is 1060. The maximum absolute atomic E-state index is 13.0. The molecule has 1 heterocycles. The van der Waals surface area contributed by atoms with Crippen molar-refractivity contribution in [3.05, 3.63) is 58.6 Å². The quantitative estimate of drug-likeness (QED) is 0.757. The summed E-state index contributed by atoms with van der Waals surface area (Å²) in [4.78, 5) is 26.2. The van der Waals surface area contributed by atoms with Gasteiger partial charge in [-0.15, -0.1) is 0 Å². The van der Waals surface area contributed by atoms with Gasteiger partial charge in [0.05, 0.1) is 5.02 Å². The van der Waals surface area contributed by atoms with E-state index in [9.17, 15) is 18.0 Å². The van der Waals surface area contributed by atoms with Crippen LogP contribution in [0.15, 0.2) is 47.4 Å². The first-order valence-corrected chi connectivity index (χ1v) is 11.4. The summed E-state index contributed by atoms with van der Waals surface area (Å²) in [6.45, 7) is 0.892. The van der Waals surface area contributed by atoms with E-state index < -0.39 is 15.9 Å². The Hall–Kier alpha value is -2.42. The molecule has 0 bridgehead atoms. The van der Waals surface area contributed by atoms with Crippen LogP contribution in [0.25, 0.3) is 0 Å². The van der Waals surface area contributed by atoms with E-state index in [0.29, 0.717) is 24.3 Å². The zero-order chi connectivity index (χ0) is 21.9. The van der Waals surface area contributed by atoms with Gasteiger partial charge < -0.3 is 10.2 Å². The van der Waals surface area contributed by atoms with Gasteiger partial charge in [0.25, 0.3) is 11.8 Å². The lowest BCUT2D eigenvalue weighted by Gasteiger charge is -2.26. The maximum Gasteiger partial charge on any atom is 0.255 e. The van der Waals surface area contributed by atoms with Gasteiger partial charge in [-0.3, -0.25) is 9.59 Å². The maximum atomic E-state index is 13.0. The Balaban J connectivity index is 1.85. The number of piperidine rings is 1. The van der Waals surface area contributed by atoms with Crippen molar-refractivity contribution in [1.82, 2.24) is 9.21 Å². The second-order valence-corrected chi connectivity index (χ2v) is 9.66. The fourth-order valence-electron chi connectivity index (χ4n) is 3.28. The zero-order valence-electron chi connectivity index (χ0n) is 16.9. The number of anilines is 1. The van der Waals surface area contributed by atoms with Gasteiger partial charge in [0.15, 0.2) is 0 Å². The molecular weight excluding hydrogens is 426 g/mol. The largest absolute Gasteiger partial charge is 0.345 e. The van der Waals surface area contributed by atoms with Crippen molar-refractivity contribution >= 4 is 39.1 Å². The first kappa shape index (κ1) is 22.3. The highest BCUT2D eigenvalue weighted by atomic mass is 35.5. The number of rotatable bonds is 5. The Morgan fingerprint density at radius 3 is 2.37 bits per heavy atom. The van der Waals surface area contributed by atoms with Crippen molar-refractivity contribution < 1.29 is 18.0 Å². The number of hydrogen-bond acceptors (Lipinski definition) is 4. The third-order valence-electron chi connectivity index (χ3n) is 4.90. The van der Waals surface area contributed by atoms with E-state index in [0.717, 1.165) is 19.3 Å². The van der Waals surface area contributed by atoms with Gasteiger partial charge in [-0.25, -0.2) is 8.42 Å². The Labute approximate surface area is 181 Å². The molecule has 0 aliphatic carbocycles. The summed E-state index contributed by atoms with van der Waals surface area (Å²) in [7, 11) is -0.489. The summed E-state index contributed by atoms with van der Waals surface area (Å²) in [5.41, 5.74) is 1.03. The molecule has 1 N–H and O–H groups in total. The molecule has 2 aromatic carbocycles. The van der Waals surface area contributed by atoms with Crippen molar-refractivity contribution in [2.24, 2.45) is 0 Å². The first-order chi connectivity index (χ1) is 14.2. The smallest absolute Gasteiger partial charge is 0.255 e. The molecule has 0 aromatic heterocycles. The number of halogens is 1. The van der Waals surface area contributed by atoms with Crippen LogP contribution in [0.5, 0.6) is 0 Å². The Morgan fingerprint density at radius 2 is 1.70 bits per heavy atom. The minimum atomic E-state index is -3.78. The van der Waals surface area contributed by atoms with Crippen LogP contribution in [0.2, 0.25) is 5.02 Å². The zero-order valence-corrected chi connectivity index (χ0v) is 18.5. The number of hydrogen-bond donors (Lipinski definition) is 1. The third-order valence-corrected chi connectivity index (χ3v) is 7.28. The van der Waals surface area contributed by atoms with E-state index in [1.807, 2.05) is 0 Å². The van der Waals surface area contributed by atoms with Gasteiger partial charge in [-0.1, -0.05) is 24.1 Å². The molecule has 2 amide bonds. The molecule has 1 aliphatic heterocycles. The van der Waals surface area contributed by atoms with E-state index in [1.165, 1.54) is 27.4 Å². The number of carbonyl (C=O) groups is 2. The monoisotopic (exact) mass is 449 g/mol. The minimum Gasteiger partial charge on any atom is -0.345 e. The van der Waals surface area contributed by atoms with Gasteiger partial charge in [0.1, 0.15) is 4.90 Å². The van der Waals surface area contributed by atoms with E-state index in [1.54, 1.807) is 38.4 Å². The van der Waals surface area contributed by atoms with Gasteiger partial charge in [-0.2, -0.15) is 4.31 Å². The predicted octanol–water partition coefficient (Wildman–Crippen LogP) is 3.47. The number of nitrogens with one attached hydrogen (secondary N) is 1. The lowest BCUT2D eigenvalue weighted by Crippen LogP contribution is -2.35. The Kier molecular flexibility index (Phi) is 6.80. The molecule has 0 spiro atoms. The third kappa shape index (κ3) is 4.83. The molecule has 3 rings (SSSR count). The Morgan fingerprint density at radius 1 is 1.00 bits per heavy atom. The fourth-order valence-corrected chi connectivity index (χ4v) is 5.30. The molecule has 7 nitrogen and oxygen atoms in total. The lowest BCUT2D eigenvalue weighted by atomic mass is 10.1. The molecule has 9 heteroatoms. The van der Waals surface area contributed by atoms with E-state index >= 15 is 0 Å². The van der Waals surface area contributed by atoms with Gasteiger partial charge in [-0.05, 0) is 49.2 Å². The molecule has 160 valence electrons. The molecule has 30 heavy (non-hydrogen) atoms. The van der Waals surface area contributed by atoms with Crippen LogP contribution < -0.4 is 5.32 Å². The number of benzene rings is 2. The summed E-state index contributed by atoms with van der Waals surface area (Å²) in [6, 6.07) is 10.7. The van der Waals surface area contributed by atoms with Gasteiger partial charge in [0, 0.05) is 44.0 Å². The van der Waals surface area contributed by atoms with E-state index in [4.69, 9.17) is 11.6 Å². The van der Waals surface area contributed by atoms with Crippen LogP contribution in [0, 0.1) is 0 Å². The summed E-state index contributed by atoms with van der Waals surface area (Å²) in [6.07, 6.45) is 2.61. The van der Waals surface area contributed by atoms with Crippen molar-refractivity contribution in [2.45, 2.75) is 24.2 Å². The minimum absolute atomic E-state index is 0.0738. The number of sulfonamides is 1. The highest BCUT2D eigenvalue weighted by molar-refractivity contribution is 7.89. The van der Waals surface area contributed by atoms with Crippen molar-refractivity contribution in [2.75, 3.05) is 32.5 Å². The molecule has 2 aromatic rings. The molecule has 1 saturated heterocycles. The summed E-state index contributed by atoms with van der Waals surface area (Å²) >= 11 is 6.17. The van der Waals surface area contributed by atoms with Crippen molar-refractivity contribution in [1.29, 1.82) is 0 Å². The van der Waals surface area contributed by atoms with Crippen LogP contribution in [0.3, 0.4) is 0 Å². The number of nitrogens with zero attached hydrogens (tertiary/aromatic N) is 2. The van der Waals surface area contributed by atoms with Gasteiger partial charge in [0.2, 0.25) is 10.0 Å². The molecular formula is C21H24ClN3O4S. The van der Waals surface area contributed by atoms with Crippen LogP contribution in [0.1, 0.15) is 40.0 Å². The lowest BCUT2D eigenvalue weighted by molar-refractivity contribution is 0.0827. The SMILES string of the molecule is CN(C)C(=O)c1cccc(NC(=O)c2ccc(Cl)c(S(=O)(=O)N3CCCCC3)c2)c1. The normalized spacial score (nSPS) is 14.9. The second-order valence-electron chi connectivity index (χ2n) is 7.34. The molecule has 0 radical (unpaired) electrons. The average Bonchev–Trinajstić information content (AvgIpc) is 2.74. The number of carbonyl (C=O) groups excluding carboxylic acids is 2. The van der Waals surface area contributed by atoms with Gasteiger partial charge >= 0.3 is 0 Å². The molecule has 0 saturated carbocycles. The topological polar surface area (TPSA) is 86.8 Å². The standard InChI is InChI=1S/C21H24ClN3O4S/c1-24(2)21(27)16-7-6-8-17(13-16)23-20(26)15-9-10-18(22)19(14-15)30(28,29)25-11-4-3-5-12-25/h6-10,13-14H,3-5,11-12H2,1-2H3,(H,23,26). The second kappa shape index (κ2) is 9.16. The molecule has 1 fully saturated rings. The van der Waals surface area contributed by atoms with E-state index in [-0.39, 0.29) is 21.4 Å². The average molecular weight is 450 g/mol. The molecule has 0 unspecified atom stereocenters. The van der Waals surface area contributed by atoms with E-state index in [2.05, 4.69) is 5.32 Å².